The Labute approximate surface area is 242 Å². The molecule has 2 aromatic carbocycles. The smallest absolute Gasteiger partial charge is 0.289 e. The van der Waals surface area contributed by atoms with Gasteiger partial charge < -0.3 is 4.74 Å². The molecule has 8 nitrogen and oxygen atoms in total. The summed E-state index contributed by atoms with van der Waals surface area (Å²) < 4.78 is 36.5. The van der Waals surface area contributed by atoms with Crippen LogP contribution in [-0.2, 0) is 14.8 Å². The van der Waals surface area contributed by atoms with Gasteiger partial charge in [-0.25, -0.2) is 8.42 Å². The van der Waals surface area contributed by atoms with Gasteiger partial charge in [0.05, 0.1) is 20.3 Å². The predicted octanol–water partition coefficient (Wildman–Crippen LogP) is 5.92. The zero-order chi connectivity index (χ0) is 28.5. The van der Waals surface area contributed by atoms with E-state index in [0.717, 1.165) is 16.5 Å². The highest BCUT2D eigenvalue weighted by atomic mass is 79.9. The van der Waals surface area contributed by atoms with Gasteiger partial charge in [-0.05, 0) is 48.6 Å². The summed E-state index contributed by atoms with van der Waals surface area (Å²) in [5.41, 5.74) is 0.767. The van der Waals surface area contributed by atoms with Gasteiger partial charge in [-0.2, -0.15) is 4.31 Å². The number of benzene rings is 2. The fourth-order valence-corrected chi connectivity index (χ4v) is 8.04. The molecule has 2 saturated heterocycles. The topological polar surface area (TPSA) is 93.0 Å². The van der Waals surface area contributed by atoms with E-state index in [-0.39, 0.29) is 46.2 Å². The highest BCUT2D eigenvalue weighted by molar-refractivity contribution is 9.10. The molecule has 0 aromatic heterocycles. The molecule has 11 heteroatoms. The van der Waals surface area contributed by atoms with E-state index in [1.54, 1.807) is 6.07 Å². The van der Waals surface area contributed by atoms with E-state index in [4.69, 9.17) is 4.74 Å². The zero-order valence-electron chi connectivity index (χ0n) is 23.3. The quantitative estimate of drug-likeness (QED) is 0.193. The lowest BCUT2D eigenvalue weighted by Gasteiger charge is -2.59. The highest BCUT2D eigenvalue weighted by Gasteiger charge is 2.53. The standard InChI is InChI=1S/C28H39BrN3O5SSi/c1-20-9-8-16-30(38(35,36)26-11-7-6-10-23(26)32(33)34)17-24-27(21-12-14-22(29)15-13-21)25(31(20)24)18-37-19-28(2,3)39(4)5/h6-7,10-15,20,24-25,27H,8-9,16-19H2,1-5H3/t20?,24-,25+,27+/m0/s1. The van der Waals surface area contributed by atoms with Crippen LogP contribution in [0.1, 0.15) is 45.1 Å². The largest absolute Gasteiger partial charge is 0.380 e. The summed E-state index contributed by atoms with van der Waals surface area (Å²) in [6.45, 7) is 13.3. The maximum Gasteiger partial charge on any atom is 0.289 e. The van der Waals surface area contributed by atoms with Crippen LogP contribution in [0.4, 0.5) is 5.69 Å². The molecule has 4 rings (SSSR count). The van der Waals surface area contributed by atoms with Gasteiger partial charge in [0.1, 0.15) is 0 Å². The van der Waals surface area contributed by atoms with E-state index in [9.17, 15) is 18.5 Å². The van der Waals surface area contributed by atoms with Crippen LogP contribution in [0.5, 0.6) is 0 Å². The number of halogens is 1. The van der Waals surface area contributed by atoms with Crippen LogP contribution in [-0.4, -0.2) is 75.8 Å². The zero-order valence-corrected chi connectivity index (χ0v) is 26.7. The molecule has 0 amide bonds. The Morgan fingerprint density at radius 2 is 1.82 bits per heavy atom. The van der Waals surface area contributed by atoms with Crippen LogP contribution in [0.3, 0.4) is 0 Å². The molecule has 0 aliphatic carbocycles. The number of sulfonamides is 1. The Balaban J connectivity index is 1.66. The minimum Gasteiger partial charge on any atom is -0.380 e. The van der Waals surface area contributed by atoms with E-state index in [1.165, 1.54) is 22.5 Å². The number of fused-ring (bicyclic) bond motifs is 1. The van der Waals surface area contributed by atoms with Gasteiger partial charge in [0.2, 0.25) is 10.0 Å². The highest BCUT2D eigenvalue weighted by Crippen LogP contribution is 2.45. The number of hydrogen-bond donors (Lipinski definition) is 0. The molecular weight excluding hydrogens is 598 g/mol. The van der Waals surface area contributed by atoms with Crippen LogP contribution < -0.4 is 0 Å². The number of nitro benzene ring substituents is 1. The van der Waals surface area contributed by atoms with Crippen molar-refractivity contribution in [1.82, 2.24) is 9.21 Å². The van der Waals surface area contributed by atoms with Crippen LogP contribution >= 0.6 is 15.9 Å². The predicted molar refractivity (Wildman–Crippen MR) is 159 cm³/mol. The fourth-order valence-electron chi connectivity index (χ4n) is 5.73. The first-order chi connectivity index (χ1) is 18.3. The van der Waals surface area contributed by atoms with Gasteiger partial charge in [-0.15, -0.1) is 0 Å². The number of nitrogens with zero attached hydrogens (tertiary/aromatic N) is 3. The molecule has 213 valence electrons. The first-order valence-electron chi connectivity index (χ1n) is 13.5. The minimum atomic E-state index is -4.06. The summed E-state index contributed by atoms with van der Waals surface area (Å²) in [4.78, 5) is 13.2. The average Bonchev–Trinajstić information content (AvgIpc) is 2.86. The summed E-state index contributed by atoms with van der Waals surface area (Å²) in [6.07, 6.45) is 1.52. The molecule has 2 aromatic rings. The summed E-state index contributed by atoms with van der Waals surface area (Å²) >= 11 is 3.53. The Morgan fingerprint density at radius 1 is 1.15 bits per heavy atom. The molecule has 2 aliphatic heterocycles. The van der Waals surface area contributed by atoms with Crippen LogP contribution in [0.15, 0.2) is 57.9 Å². The number of hydrogen-bond acceptors (Lipinski definition) is 6. The lowest BCUT2D eigenvalue weighted by atomic mass is 9.73. The Kier molecular flexibility index (Phi) is 9.39. The van der Waals surface area contributed by atoms with Gasteiger partial charge >= 0.3 is 0 Å². The van der Waals surface area contributed by atoms with Crippen molar-refractivity contribution in [3.63, 3.8) is 0 Å². The number of nitro groups is 1. The molecule has 0 N–H and O–H groups in total. The molecule has 1 unspecified atom stereocenters. The molecule has 0 saturated carbocycles. The normalized spacial score (nSPS) is 25.0. The molecule has 39 heavy (non-hydrogen) atoms. The van der Waals surface area contributed by atoms with E-state index in [2.05, 4.69) is 66.8 Å². The SMILES string of the molecule is CC1CCCN(S(=O)(=O)c2ccccc2[N+](=O)[O-])C[C@H]2[C@@H](c3ccc(Br)cc3)[C@@H](COCC(C)(C)[Si](C)C)N12. The van der Waals surface area contributed by atoms with E-state index in [0.29, 0.717) is 26.2 Å². The second-order valence-electron chi connectivity index (χ2n) is 11.6. The van der Waals surface area contributed by atoms with Gasteiger partial charge in [0, 0.05) is 54.3 Å². The van der Waals surface area contributed by atoms with Crippen molar-refractivity contribution >= 4 is 40.4 Å². The number of para-hydroxylation sites is 1. The van der Waals surface area contributed by atoms with Crippen molar-refractivity contribution in [2.45, 2.75) is 80.7 Å². The second kappa shape index (κ2) is 12.1. The summed E-state index contributed by atoms with van der Waals surface area (Å²) in [6, 6.07) is 14.2. The number of ether oxygens (including phenoxy) is 1. The first-order valence-corrected chi connectivity index (χ1v) is 18.2. The first kappa shape index (κ1) is 30.3. The monoisotopic (exact) mass is 636 g/mol. The van der Waals surface area contributed by atoms with Crippen LogP contribution in [0, 0.1) is 10.1 Å². The summed E-state index contributed by atoms with van der Waals surface area (Å²) in [7, 11) is -4.60. The molecule has 2 heterocycles. The third-order valence-corrected chi connectivity index (χ3v) is 13.9. The summed E-state index contributed by atoms with van der Waals surface area (Å²) in [5, 5.41) is 11.8. The van der Waals surface area contributed by atoms with E-state index >= 15 is 0 Å². The van der Waals surface area contributed by atoms with Crippen molar-refractivity contribution < 1.29 is 18.1 Å². The molecule has 1 radical (unpaired) electrons. The Bertz CT molecular complexity index is 1270. The molecular formula is C28H39BrN3O5SSi. The van der Waals surface area contributed by atoms with Crippen molar-refractivity contribution in [2.24, 2.45) is 0 Å². The average molecular weight is 638 g/mol. The molecule has 2 fully saturated rings. The van der Waals surface area contributed by atoms with Crippen LogP contribution in [0.2, 0.25) is 18.1 Å². The molecule has 0 bridgehead atoms. The van der Waals surface area contributed by atoms with E-state index in [1.807, 2.05) is 12.1 Å². The maximum atomic E-state index is 13.8. The third-order valence-electron chi connectivity index (χ3n) is 8.56. The van der Waals surface area contributed by atoms with Crippen molar-refractivity contribution in [3.8, 4) is 0 Å². The van der Waals surface area contributed by atoms with Crippen molar-refractivity contribution in [1.29, 1.82) is 0 Å². The molecule has 4 atom stereocenters. The van der Waals surface area contributed by atoms with Gasteiger partial charge in [-0.3, -0.25) is 15.0 Å². The van der Waals surface area contributed by atoms with Crippen LogP contribution in [0.25, 0.3) is 0 Å². The van der Waals surface area contributed by atoms with E-state index < -0.39 is 23.7 Å². The van der Waals surface area contributed by atoms with Crippen molar-refractivity contribution in [2.75, 3.05) is 26.3 Å². The van der Waals surface area contributed by atoms with Gasteiger partial charge in [-0.1, -0.05) is 67.1 Å². The van der Waals surface area contributed by atoms with Gasteiger partial charge in [0.25, 0.3) is 5.69 Å². The lowest BCUT2D eigenvalue weighted by molar-refractivity contribution is -0.387. The lowest BCUT2D eigenvalue weighted by Crippen LogP contribution is -2.70. The van der Waals surface area contributed by atoms with Gasteiger partial charge in [0.15, 0.2) is 4.90 Å². The molecule has 0 spiro atoms. The molecule has 2 aliphatic rings. The minimum absolute atomic E-state index is 0.0578. The summed E-state index contributed by atoms with van der Waals surface area (Å²) in [5.74, 6) is 0.0817. The van der Waals surface area contributed by atoms with Crippen molar-refractivity contribution in [3.05, 3.63) is 68.7 Å². The fraction of sp³-hybridized carbons (Fsp3) is 0.571. The Morgan fingerprint density at radius 3 is 2.46 bits per heavy atom. The number of rotatable bonds is 9. The Hall–Kier alpha value is -1.63. The third kappa shape index (κ3) is 6.33. The maximum absolute atomic E-state index is 13.8. The second-order valence-corrected chi connectivity index (χ2v) is 17.8.